The van der Waals surface area contributed by atoms with Crippen LogP contribution in [0.1, 0.15) is 56.7 Å². The lowest BCUT2D eigenvalue weighted by molar-refractivity contribution is 0.381. The van der Waals surface area contributed by atoms with Gasteiger partial charge in [0.1, 0.15) is 0 Å². The molecule has 2 aromatic rings. The van der Waals surface area contributed by atoms with Gasteiger partial charge >= 0.3 is 0 Å². The number of nitrogens with zero attached hydrogens (tertiary/aromatic N) is 2. The van der Waals surface area contributed by atoms with Gasteiger partial charge in [-0.05, 0) is 80.1 Å². The summed E-state index contributed by atoms with van der Waals surface area (Å²) in [6, 6.07) is 16.3. The lowest BCUT2D eigenvalue weighted by Gasteiger charge is -2.47. The van der Waals surface area contributed by atoms with Crippen LogP contribution in [0.3, 0.4) is 0 Å². The second kappa shape index (κ2) is 7.17. The highest BCUT2D eigenvalue weighted by atomic mass is 35.5. The van der Waals surface area contributed by atoms with Crippen LogP contribution in [0.25, 0.3) is 11.6 Å². The molecule has 26 heavy (non-hydrogen) atoms. The third-order valence-electron chi connectivity index (χ3n) is 5.29. The standard InChI is InChI=1S/C23H25ClN2/c1-5-26-22-10-9-17(12-21(22)16(2)14-23(26,3)4)11-19(15-25)18-7-6-8-20(24)13-18/h6-13,16H,5,14H2,1-4H3/b19-11-/t16-/m1/s1. The van der Waals surface area contributed by atoms with Crippen molar-refractivity contribution in [3.05, 3.63) is 64.2 Å². The van der Waals surface area contributed by atoms with Gasteiger partial charge in [0, 0.05) is 22.8 Å². The Morgan fingerprint density at radius 3 is 2.73 bits per heavy atom. The van der Waals surface area contributed by atoms with Crippen molar-refractivity contribution >= 4 is 28.9 Å². The van der Waals surface area contributed by atoms with Crippen LogP contribution in [0.4, 0.5) is 5.69 Å². The predicted molar refractivity (Wildman–Crippen MR) is 112 cm³/mol. The molecule has 0 aromatic heterocycles. The van der Waals surface area contributed by atoms with Gasteiger partial charge in [0.15, 0.2) is 0 Å². The molecule has 1 aliphatic rings. The molecular weight excluding hydrogens is 340 g/mol. The number of hydrogen-bond acceptors (Lipinski definition) is 2. The first-order valence-electron chi connectivity index (χ1n) is 9.15. The average molecular weight is 365 g/mol. The molecule has 3 rings (SSSR count). The van der Waals surface area contributed by atoms with Crippen molar-refractivity contribution in [3.8, 4) is 6.07 Å². The molecular formula is C23H25ClN2. The minimum absolute atomic E-state index is 0.164. The van der Waals surface area contributed by atoms with E-state index in [0.29, 0.717) is 16.5 Å². The lowest BCUT2D eigenvalue weighted by Crippen LogP contribution is -2.48. The molecule has 1 aliphatic heterocycles. The molecule has 2 nitrogen and oxygen atoms in total. The van der Waals surface area contributed by atoms with Crippen molar-refractivity contribution in [1.82, 2.24) is 0 Å². The smallest absolute Gasteiger partial charge is 0.0998 e. The van der Waals surface area contributed by atoms with Gasteiger partial charge in [-0.2, -0.15) is 5.26 Å². The van der Waals surface area contributed by atoms with Gasteiger partial charge in [0.05, 0.1) is 11.6 Å². The fraction of sp³-hybridized carbons (Fsp3) is 0.348. The summed E-state index contributed by atoms with van der Waals surface area (Å²) in [5.41, 5.74) is 5.38. The van der Waals surface area contributed by atoms with Gasteiger partial charge in [-0.25, -0.2) is 0 Å². The largest absolute Gasteiger partial charge is 0.366 e. The highest BCUT2D eigenvalue weighted by molar-refractivity contribution is 6.30. The summed E-state index contributed by atoms with van der Waals surface area (Å²) in [7, 11) is 0. The van der Waals surface area contributed by atoms with E-state index in [1.54, 1.807) is 0 Å². The lowest BCUT2D eigenvalue weighted by atomic mass is 9.79. The number of hydrogen-bond donors (Lipinski definition) is 0. The Bertz CT molecular complexity index is 889. The van der Waals surface area contributed by atoms with Crippen LogP contribution in [0, 0.1) is 11.3 Å². The van der Waals surface area contributed by atoms with Crippen molar-refractivity contribution in [1.29, 1.82) is 5.26 Å². The molecule has 134 valence electrons. The highest BCUT2D eigenvalue weighted by Gasteiger charge is 2.35. The molecule has 1 heterocycles. The SMILES string of the molecule is CCN1c2ccc(/C=C(/C#N)c3cccc(Cl)c3)cc2[C@H](C)CC1(C)C. The predicted octanol–water partition coefficient (Wildman–Crippen LogP) is 6.52. The number of anilines is 1. The quantitative estimate of drug-likeness (QED) is 0.458. The van der Waals surface area contributed by atoms with Crippen molar-refractivity contribution in [2.75, 3.05) is 11.4 Å². The van der Waals surface area contributed by atoms with E-state index in [4.69, 9.17) is 11.6 Å². The normalized spacial score (nSPS) is 19.0. The second-order valence-corrected chi connectivity index (χ2v) is 8.10. The van der Waals surface area contributed by atoms with Crippen molar-refractivity contribution in [2.45, 2.75) is 45.6 Å². The van der Waals surface area contributed by atoms with E-state index in [1.165, 1.54) is 11.3 Å². The molecule has 0 saturated heterocycles. The average Bonchev–Trinajstić information content (AvgIpc) is 2.59. The van der Waals surface area contributed by atoms with Crippen LogP contribution < -0.4 is 4.90 Å². The Hall–Kier alpha value is -2.24. The molecule has 1 atom stereocenters. The van der Waals surface area contributed by atoms with Crippen molar-refractivity contribution < 1.29 is 0 Å². The number of benzene rings is 2. The van der Waals surface area contributed by atoms with Gasteiger partial charge in [-0.15, -0.1) is 0 Å². The van der Waals surface area contributed by atoms with Crippen molar-refractivity contribution in [3.63, 3.8) is 0 Å². The first kappa shape index (κ1) is 18.5. The van der Waals surface area contributed by atoms with Gasteiger partial charge in [0.2, 0.25) is 0 Å². The van der Waals surface area contributed by atoms with E-state index in [1.807, 2.05) is 30.3 Å². The zero-order chi connectivity index (χ0) is 18.9. The Labute approximate surface area is 161 Å². The number of halogens is 1. The Morgan fingerprint density at radius 2 is 2.08 bits per heavy atom. The molecule has 0 amide bonds. The van der Waals surface area contributed by atoms with E-state index in [-0.39, 0.29) is 5.54 Å². The minimum Gasteiger partial charge on any atom is -0.366 e. The summed E-state index contributed by atoms with van der Waals surface area (Å²) in [5, 5.41) is 10.2. The van der Waals surface area contributed by atoms with Crippen LogP contribution in [-0.4, -0.2) is 12.1 Å². The summed E-state index contributed by atoms with van der Waals surface area (Å²) in [6.45, 7) is 10.1. The maximum absolute atomic E-state index is 9.60. The van der Waals surface area contributed by atoms with E-state index in [9.17, 15) is 5.26 Å². The molecule has 0 aliphatic carbocycles. The third kappa shape index (κ3) is 3.50. The fourth-order valence-corrected chi connectivity index (χ4v) is 4.39. The van der Waals surface area contributed by atoms with Gasteiger partial charge in [0.25, 0.3) is 0 Å². The fourth-order valence-electron chi connectivity index (χ4n) is 4.20. The second-order valence-electron chi connectivity index (χ2n) is 7.66. The molecule has 0 bridgehead atoms. The zero-order valence-electron chi connectivity index (χ0n) is 15.9. The highest BCUT2D eigenvalue weighted by Crippen LogP contribution is 2.43. The first-order valence-corrected chi connectivity index (χ1v) is 9.53. The Morgan fingerprint density at radius 1 is 1.31 bits per heavy atom. The molecule has 0 radical (unpaired) electrons. The summed E-state index contributed by atoms with van der Waals surface area (Å²) >= 11 is 6.08. The number of fused-ring (bicyclic) bond motifs is 1. The molecule has 2 aromatic carbocycles. The van der Waals surface area contributed by atoms with Crippen LogP contribution >= 0.6 is 11.6 Å². The summed E-state index contributed by atoms with van der Waals surface area (Å²) < 4.78 is 0. The van der Waals surface area contributed by atoms with Gasteiger partial charge in [-0.3, -0.25) is 0 Å². The van der Waals surface area contributed by atoms with Crippen LogP contribution in [0.15, 0.2) is 42.5 Å². The Kier molecular flexibility index (Phi) is 5.12. The maximum Gasteiger partial charge on any atom is 0.0998 e. The molecule has 0 unspecified atom stereocenters. The van der Waals surface area contributed by atoms with E-state index >= 15 is 0 Å². The Balaban J connectivity index is 2.04. The number of allylic oxidation sites excluding steroid dienone is 1. The summed E-state index contributed by atoms with van der Waals surface area (Å²) in [5.74, 6) is 0.493. The molecule has 0 N–H and O–H groups in total. The van der Waals surface area contributed by atoms with E-state index in [2.05, 4.69) is 56.9 Å². The zero-order valence-corrected chi connectivity index (χ0v) is 16.6. The van der Waals surface area contributed by atoms with E-state index < -0.39 is 0 Å². The van der Waals surface area contributed by atoms with Crippen LogP contribution in [0.2, 0.25) is 5.02 Å². The number of rotatable bonds is 3. The van der Waals surface area contributed by atoms with E-state index in [0.717, 1.165) is 24.1 Å². The van der Waals surface area contributed by atoms with Crippen LogP contribution in [0.5, 0.6) is 0 Å². The summed E-state index contributed by atoms with van der Waals surface area (Å²) in [4.78, 5) is 2.48. The molecule has 0 saturated carbocycles. The van der Waals surface area contributed by atoms with Crippen molar-refractivity contribution in [2.24, 2.45) is 0 Å². The van der Waals surface area contributed by atoms with Crippen LogP contribution in [-0.2, 0) is 0 Å². The first-order chi connectivity index (χ1) is 12.4. The minimum atomic E-state index is 0.164. The number of nitriles is 1. The van der Waals surface area contributed by atoms with Gasteiger partial charge < -0.3 is 4.90 Å². The molecule has 3 heteroatoms. The molecule has 0 spiro atoms. The molecule has 0 fully saturated rings. The monoisotopic (exact) mass is 364 g/mol. The topological polar surface area (TPSA) is 27.0 Å². The van der Waals surface area contributed by atoms with Gasteiger partial charge in [-0.1, -0.05) is 36.7 Å². The maximum atomic E-state index is 9.60. The summed E-state index contributed by atoms with van der Waals surface area (Å²) in [6.07, 6.45) is 3.08. The third-order valence-corrected chi connectivity index (χ3v) is 5.53.